The van der Waals surface area contributed by atoms with Gasteiger partial charge in [0.1, 0.15) is 0 Å². The molecule has 51 heavy (non-hydrogen) atoms. The predicted octanol–water partition coefficient (Wildman–Crippen LogP) is 11.7. The molecule has 0 aromatic heterocycles. The lowest BCUT2D eigenvalue weighted by atomic mass is 9.62. The number of rotatable bonds is 5. The van der Waals surface area contributed by atoms with E-state index in [9.17, 15) is 0 Å². The Bertz CT molecular complexity index is 2020. The molecule has 2 fully saturated rings. The minimum atomic E-state index is -0.0591. The fourth-order valence-corrected chi connectivity index (χ4v) is 11.8. The fourth-order valence-electron chi connectivity index (χ4n) is 11.8. The van der Waals surface area contributed by atoms with E-state index < -0.39 is 0 Å². The summed E-state index contributed by atoms with van der Waals surface area (Å²) in [6.07, 6.45) is 38.3. The Labute approximate surface area is 304 Å². The zero-order valence-electron chi connectivity index (χ0n) is 29.8. The van der Waals surface area contributed by atoms with E-state index in [4.69, 9.17) is 0 Å². The number of benzene rings is 3. The van der Waals surface area contributed by atoms with Gasteiger partial charge in [0.2, 0.25) is 0 Å². The summed E-state index contributed by atoms with van der Waals surface area (Å²) >= 11 is 0. The van der Waals surface area contributed by atoms with E-state index in [2.05, 4.69) is 176 Å². The summed E-state index contributed by atoms with van der Waals surface area (Å²) in [5.74, 6) is 3.59. The van der Waals surface area contributed by atoms with Crippen molar-refractivity contribution in [2.24, 2.45) is 29.6 Å². The highest BCUT2D eigenvalue weighted by molar-refractivity contribution is 5.92. The molecule has 2 saturated carbocycles. The number of hydrogen-bond acceptors (Lipinski definition) is 1. The molecule has 7 aliphatic rings. The van der Waals surface area contributed by atoms with Crippen LogP contribution in [0.5, 0.6) is 0 Å². The lowest BCUT2D eigenvalue weighted by Crippen LogP contribution is -2.48. The molecule has 9 unspecified atom stereocenters. The van der Waals surface area contributed by atoms with Crippen molar-refractivity contribution in [2.45, 2.75) is 68.4 Å². The molecule has 1 spiro atoms. The maximum Gasteiger partial charge on any atom is 0.0517 e. The van der Waals surface area contributed by atoms with Gasteiger partial charge in [0, 0.05) is 23.1 Å². The molecule has 0 bridgehead atoms. The van der Waals surface area contributed by atoms with E-state index in [1.807, 2.05) is 0 Å². The molecule has 0 radical (unpaired) electrons. The zero-order valence-corrected chi connectivity index (χ0v) is 29.8. The Morgan fingerprint density at radius 3 is 2.00 bits per heavy atom. The van der Waals surface area contributed by atoms with Crippen molar-refractivity contribution in [2.75, 3.05) is 0 Å². The van der Waals surface area contributed by atoms with Gasteiger partial charge in [-0.05, 0) is 107 Å². The molecule has 0 N–H and O–H groups in total. The minimum Gasteiger partial charge on any atom is -0.362 e. The largest absolute Gasteiger partial charge is 0.362 e. The summed E-state index contributed by atoms with van der Waals surface area (Å²) < 4.78 is 0. The van der Waals surface area contributed by atoms with Gasteiger partial charge >= 0.3 is 0 Å². The van der Waals surface area contributed by atoms with Crippen LogP contribution in [0, 0.1) is 29.6 Å². The molecule has 0 aliphatic heterocycles. The highest BCUT2D eigenvalue weighted by atomic mass is 15.2. The predicted molar refractivity (Wildman–Crippen MR) is 212 cm³/mol. The van der Waals surface area contributed by atoms with Gasteiger partial charge in [-0.2, -0.15) is 0 Å². The van der Waals surface area contributed by atoms with Crippen molar-refractivity contribution < 1.29 is 0 Å². The lowest BCUT2D eigenvalue weighted by Gasteiger charge is -2.48. The molecule has 0 amide bonds. The quantitative estimate of drug-likeness (QED) is 0.263. The fraction of sp³-hybridized carbons (Fsp3) is 0.320. The third kappa shape index (κ3) is 4.87. The average Bonchev–Trinajstić information content (AvgIpc) is 3.67. The Hall–Kier alpha value is -4.62. The molecule has 9 atom stereocenters. The SMILES string of the molecule is CC1CC(c2ccccc2)CCC1N(C1=CCC(c2ccccc2)C=C1)C1C=C2C(=CC1)c1ccccc1C21C2C=CC=CC2C2C=CC=CC21. The van der Waals surface area contributed by atoms with E-state index in [1.54, 1.807) is 11.1 Å². The summed E-state index contributed by atoms with van der Waals surface area (Å²) in [5, 5.41) is 0. The van der Waals surface area contributed by atoms with E-state index >= 15 is 0 Å². The maximum atomic E-state index is 2.91. The Morgan fingerprint density at radius 2 is 1.31 bits per heavy atom. The van der Waals surface area contributed by atoms with Gasteiger partial charge in [0.15, 0.2) is 0 Å². The van der Waals surface area contributed by atoms with Crippen LogP contribution < -0.4 is 0 Å². The van der Waals surface area contributed by atoms with Crippen molar-refractivity contribution in [3.05, 3.63) is 197 Å². The number of nitrogens with zero attached hydrogens (tertiary/aromatic N) is 1. The van der Waals surface area contributed by atoms with Crippen LogP contribution in [0.1, 0.15) is 73.1 Å². The molecular weight excluding hydrogens is 615 g/mol. The molecule has 7 aliphatic carbocycles. The average molecular weight is 664 g/mol. The van der Waals surface area contributed by atoms with Crippen molar-refractivity contribution >= 4 is 5.57 Å². The van der Waals surface area contributed by atoms with Crippen LogP contribution in [0.3, 0.4) is 0 Å². The first-order valence-electron chi connectivity index (χ1n) is 19.7. The highest BCUT2D eigenvalue weighted by Gasteiger charge is 2.63. The molecule has 0 saturated heterocycles. The van der Waals surface area contributed by atoms with E-state index in [0.717, 1.165) is 12.8 Å². The smallest absolute Gasteiger partial charge is 0.0517 e. The normalized spacial score (nSPS) is 35.4. The van der Waals surface area contributed by atoms with Crippen LogP contribution in [-0.4, -0.2) is 17.0 Å². The second kappa shape index (κ2) is 12.6. The first-order valence-corrected chi connectivity index (χ1v) is 19.7. The second-order valence-electron chi connectivity index (χ2n) is 16.3. The lowest BCUT2D eigenvalue weighted by molar-refractivity contribution is 0.116. The van der Waals surface area contributed by atoms with Crippen LogP contribution >= 0.6 is 0 Å². The Balaban J connectivity index is 1.07. The number of fused-ring (bicyclic) bond motifs is 10. The van der Waals surface area contributed by atoms with Crippen molar-refractivity contribution in [3.63, 3.8) is 0 Å². The van der Waals surface area contributed by atoms with Crippen molar-refractivity contribution in [3.8, 4) is 0 Å². The molecule has 10 rings (SSSR count). The summed E-state index contributed by atoms with van der Waals surface area (Å²) in [5.41, 5.74) is 10.4. The summed E-state index contributed by atoms with van der Waals surface area (Å²) in [7, 11) is 0. The minimum absolute atomic E-state index is 0.0591. The Morgan fingerprint density at radius 1 is 0.647 bits per heavy atom. The van der Waals surface area contributed by atoms with Crippen molar-refractivity contribution in [1.82, 2.24) is 4.90 Å². The third-order valence-corrected chi connectivity index (χ3v) is 13.9. The van der Waals surface area contributed by atoms with Gasteiger partial charge in [-0.15, -0.1) is 0 Å². The molecule has 3 aromatic rings. The van der Waals surface area contributed by atoms with E-state index in [1.165, 1.54) is 47.2 Å². The van der Waals surface area contributed by atoms with Crippen LogP contribution in [0.4, 0.5) is 0 Å². The standard InChI is InChI=1S/C50H49N/c1-34-32-38(36-16-6-3-7-17-36)26-31-49(34)51(39-27-24-37(25-28-39)35-14-4-2-5-15-35)40-29-30-44-43-20-10-13-23-47(43)50(48(44)33-40)45-21-11-8-18-41(45)42-19-9-12-22-46(42)50/h2-24,27-28,30,33-34,37-38,40-42,45-46,49H,25-26,29,31-32H2,1H3. The molecule has 3 aromatic carbocycles. The highest BCUT2D eigenvalue weighted by Crippen LogP contribution is 2.69. The van der Waals surface area contributed by atoms with Gasteiger partial charge in [-0.25, -0.2) is 0 Å². The van der Waals surface area contributed by atoms with Crippen LogP contribution in [0.2, 0.25) is 0 Å². The molecule has 0 heterocycles. The first kappa shape index (κ1) is 31.1. The Kier molecular flexibility index (Phi) is 7.67. The van der Waals surface area contributed by atoms with Crippen LogP contribution in [0.25, 0.3) is 5.57 Å². The second-order valence-corrected chi connectivity index (χ2v) is 16.3. The summed E-state index contributed by atoms with van der Waals surface area (Å²) in [4.78, 5) is 2.91. The number of allylic oxidation sites excluding steroid dienone is 13. The zero-order chi connectivity index (χ0) is 33.9. The summed E-state index contributed by atoms with van der Waals surface area (Å²) in [6, 6.07) is 32.7. The van der Waals surface area contributed by atoms with Gasteiger partial charge in [-0.3, -0.25) is 0 Å². The van der Waals surface area contributed by atoms with Crippen molar-refractivity contribution in [1.29, 1.82) is 0 Å². The monoisotopic (exact) mass is 663 g/mol. The van der Waals surface area contributed by atoms with Gasteiger partial charge in [-0.1, -0.05) is 165 Å². The molecule has 254 valence electrons. The van der Waals surface area contributed by atoms with Gasteiger partial charge in [0.25, 0.3) is 0 Å². The molecular formula is C50H49N. The van der Waals surface area contributed by atoms with Crippen LogP contribution in [0.15, 0.2) is 175 Å². The molecule has 1 heteroatoms. The first-order chi connectivity index (χ1) is 25.2. The van der Waals surface area contributed by atoms with E-state index in [0.29, 0.717) is 53.5 Å². The molecule has 1 nitrogen and oxygen atoms in total. The topological polar surface area (TPSA) is 3.24 Å². The number of hydrogen-bond donors (Lipinski definition) is 0. The maximum absolute atomic E-state index is 2.91. The van der Waals surface area contributed by atoms with E-state index in [-0.39, 0.29) is 5.41 Å². The van der Waals surface area contributed by atoms with Crippen LogP contribution in [-0.2, 0) is 5.41 Å². The van der Waals surface area contributed by atoms with Gasteiger partial charge in [0.05, 0.1) is 6.04 Å². The summed E-state index contributed by atoms with van der Waals surface area (Å²) in [6.45, 7) is 2.54. The van der Waals surface area contributed by atoms with Gasteiger partial charge < -0.3 is 4.90 Å². The third-order valence-electron chi connectivity index (χ3n) is 13.9.